The quantitative estimate of drug-likeness (QED) is 0.408. The van der Waals surface area contributed by atoms with E-state index in [4.69, 9.17) is 20.0 Å². The summed E-state index contributed by atoms with van der Waals surface area (Å²) in [5, 5.41) is 19.5. The van der Waals surface area contributed by atoms with Gasteiger partial charge >= 0.3 is 11.9 Å². The van der Waals surface area contributed by atoms with Crippen LogP contribution >= 0.6 is 0 Å². The van der Waals surface area contributed by atoms with Gasteiger partial charge in [0.25, 0.3) is 0 Å². The van der Waals surface area contributed by atoms with Crippen molar-refractivity contribution < 1.29 is 19.8 Å². The Labute approximate surface area is 233 Å². The van der Waals surface area contributed by atoms with Gasteiger partial charge in [-0.1, -0.05) is 13.8 Å². The Balaban J connectivity index is 1.80. The molecule has 0 aromatic heterocycles. The lowest BCUT2D eigenvalue weighted by molar-refractivity contribution is -0.137. The molecule has 8 nitrogen and oxygen atoms in total. The zero-order valence-electron chi connectivity index (χ0n) is 23.6. The lowest BCUT2D eigenvalue weighted by Crippen LogP contribution is -2.09. The van der Waals surface area contributed by atoms with Gasteiger partial charge in [0.05, 0.1) is 51.2 Å². The fraction of sp³-hybridized carbons (Fsp3) is 0.312. The Morgan fingerprint density at radius 1 is 0.600 bits per heavy atom. The van der Waals surface area contributed by atoms with E-state index in [1.807, 2.05) is 39.0 Å². The molecule has 8 heteroatoms. The first kappa shape index (κ1) is 27.1. The average Bonchev–Trinajstić information content (AvgIpc) is 3.55. The number of allylic oxidation sites excluding steroid dienone is 11. The number of carboxylic acid groups (broad SMARTS) is 2. The normalized spacial score (nSPS) is 20.4. The first-order valence-corrected chi connectivity index (χ1v) is 13.5. The van der Waals surface area contributed by atoms with E-state index in [2.05, 4.69) is 13.8 Å². The van der Waals surface area contributed by atoms with Crippen molar-refractivity contribution in [1.82, 2.24) is 0 Å². The van der Waals surface area contributed by atoms with Crippen molar-refractivity contribution in [3.8, 4) is 0 Å². The number of nitrogens with zero attached hydrogens (tertiary/aromatic N) is 4. The van der Waals surface area contributed by atoms with Gasteiger partial charge in [-0.2, -0.15) is 0 Å². The Morgan fingerprint density at radius 2 is 1.05 bits per heavy atom. The van der Waals surface area contributed by atoms with E-state index in [9.17, 15) is 19.8 Å². The number of carbonyl (C=O) groups is 2. The zero-order valence-corrected chi connectivity index (χ0v) is 23.6. The predicted molar refractivity (Wildman–Crippen MR) is 158 cm³/mol. The molecule has 0 saturated heterocycles. The number of hydrogen-bond acceptors (Lipinski definition) is 6. The molecule has 5 heterocycles. The van der Waals surface area contributed by atoms with Gasteiger partial charge in [-0.3, -0.25) is 4.79 Å². The summed E-state index contributed by atoms with van der Waals surface area (Å²) >= 11 is 0. The highest BCUT2D eigenvalue weighted by Crippen LogP contribution is 2.37. The summed E-state index contributed by atoms with van der Waals surface area (Å²) in [4.78, 5) is 43.3. The van der Waals surface area contributed by atoms with E-state index in [1.165, 1.54) is 0 Å². The van der Waals surface area contributed by atoms with Gasteiger partial charge in [0.2, 0.25) is 0 Å². The van der Waals surface area contributed by atoms with Crippen molar-refractivity contribution in [2.75, 3.05) is 0 Å². The molecular weight excluding hydrogens is 504 g/mol. The maximum absolute atomic E-state index is 12.3. The van der Waals surface area contributed by atoms with Crippen molar-refractivity contribution in [2.24, 2.45) is 20.0 Å². The number of fused-ring (bicyclic) bond motifs is 4. The lowest BCUT2D eigenvalue weighted by atomic mass is 9.97. The second-order valence-electron chi connectivity index (χ2n) is 10.3. The number of aliphatic imine (C=N–C) groups is 4. The van der Waals surface area contributed by atoms with Gasteiger partial charge in [-0.25, -0.2) is 24.8 Å². The minimum atomic E-state index is -1.04. The van der Waals surface area contributed by atoms with Crippen LogP contribution in [0.1, 0.15) is 67.2 Å². The third-order valence-electron chi connectivity index (χ3n) is 8.02. The Hall–Kier alpha value is -4.46. The van der Waals surface area contributed by atoms with Crippen LogP contribution in [0.4, 0.5) is 0 Å². The van der Waals surface area contributed by atoms with Crippen LogP contribution in [0.25, 0.3) is 0 Å². The Kier molecular flexibility index (Phi) is 6.96. The molecule has 8 bridgehead atoms. The first-order valence-electron chi connectivity index (χ1n) is 13.5. The summed E-state index contributed by atoms with van der Waals surface area (Å²) in [7, 11) is 0. The van der Waals surface area contributed by atoms with Gasteiger partial charge in [0, 0.05) is 6.42 Å². The van der Waals surface area contributed by atoms with Crippen LogP contribution in [0.15, 0.2) is 112 Å². The van der Waals surface area contributed by atoms with E-state index in [-0.39, 0.29) is 12.0 Å². The third kappa shape index (κ3) is 4.53. The Morgan fingerprint density at radius 3 is 1.57 bits per heavy atom. The highest BCUT2D eigenvalue weighted by atomic mass is 16.4. The summed E-state index contributed by atoms with van der Waals surface area (Å²) in [6.07, 6.45) is 9.30. The van der Waals surface area contributed by atoms with Gasteiger partial charge in [0.15, 0.2) is 0 Å². The molecule has 2 N–H and O–H groups in total. The lowest BCUT2D eigenvalue weighted by Gasteiger charge is -2.06. The molecule has 5 aliphatic heterocycles. The largest absolute Gasteiger partial charge is 0.481 e. The first-order chi connectivity index (χ1) is 19.0. The molecule has 0 aliphatic carbocycles. The number of carboxylic acids is 2. The molecule has 0 aromatic carbocycles. The number of aliphatic carboxylic acids is 2. The van der Waals surface area contributed by atoms with Crippen molar-refractivity contribution in [2.45, 2.75) is 67.2 Å². The Bertz CT molecular complexity index is 1670. The summed E-state index contributed by atoms with van der Waals surface area (Å²) in [5.74, 6) is -1.90. The van der Waals surface area contributed by atoms with Crippen LogP contribution < -0.4 is 0 Å². The van der Waals surface area contributed by atoms with E-state index in [0.29, 0.717) is 34.8 Å². The monoisotopic (exact) mass is 536 g/mol. The molecular formula is C32H32N4O4. The molecule has 5 aliphatic rings. The minimum absolute atomic E-state index is 0.00518. The molecule has 204 valence electrons. The fourth-order valence-electron chi connectivity index (χ4n) is 5.73. The summed E-state index contributed by atoms with van der Waals surface area (Å²) in [6.45, 7) is 11.9. The second kappa shape index (κ2) is 10.3. The van der Waals surface area contributed by atoms with Crippen LogP contribution in [0.5, 0.6) is 0 Å². The molecule has 0 unspecified atom stereocenters. The smallest absolute Gasteiger partial charge is 0.338 e. The van der Waals surface area contributed by atoms with Crippen LogP contribution in [0.2, 0.25) is 0 Å². The summed E-state index contributed by atoms with van der Waals surface area (Å²) < 4.78 is 0. The average molecular weight is 537 g/mol. The van der Waals surface area contributed by atoms with Gasteiger partial charge < -0.3 is 10.2 Å². The van der Waals surface area contributed by atoms with E-state index >= 15 is 0 Å². The topological polar surface area (TPSA) is 124 Å². The maximum atomic E-state index is 12.3. The summed E-state index contributed by atoms with van der Waals surface area (Å²) in [5.41, 5.74) is 11.9. The number of hydrogen-bond donors (Lipinski definition) is 2. The molecule has 5 rings (SSSR count). The molecule has 0 spiro atoms. The minimum Gasteiger partial charge on any atom is -0.481 e. The van der Waals surface area contributed by atoms with Gasteiger partial charge in [-0.05, 0) is 110 Å². The highest BCUT2D eigenvalue weighted by Gasteiger charge is 2.30. The highest BCUT2D eigenvalue weighted by molar-refractivity contribution is 6.28. The maximum Gasteiger partial charge on any atom is 0.338 e. The van der Waals surface area contributed by atoms with Crippen molar-refractivity contribution in [3.63, 3.8) is 0 Å². The van der Waals surface area contributed by atoms with E-state index in [0.717, 1.165) is 69.1 Å². The number of rotatable bonds is 6. The summed E-state index contributed by atoms with van der Waals surface area (Å²) in [6, 6.07) is 0. The van der Waals surface area contributed by atoms with Crippen LogP contribution in [-0.2, 0) is 9.59 Å². The van der Waals surface area contributed by atoms with E-state index < -0.39 is 11.9 Å². The molecule has 0 fully saturated rings. The molecule has 0 saturated carbocycles. The molecule has 0 aromatic rings. The van der Waals surface area contributed by atoms with Crippen LogP contribution in [0, 0.1) is 0 Å². The van der Waals surface area contributed by atoms with Crippen LogP contribution in [0.3, 0.4) is 0 Å². The molecule has 0 atom stereocenters. The van der Waals surface area contributed by atoms with Gasteiger partial charge in [-0.15, -0.1) is 0 Å². The van der Waals surface area contributed by atoms with Crippen molar-refractivity contribution in [1.29, 1.82) is 0 Å². The van der Waals surface area contributed by atoms with Crippen LogP contribution in [-0.4, -0.2) is 45.0 Å². The van der Waals surface area contributed by atoms with E-state index in [1.54, 1.807) is 13.0 Å². The van der Waals surface area contributed by atoms with Crippen molar-refractivity contribution in [3.05, 3.63) is 91.7 Å². The van der Waals surface area contributed by atoms with Gasteiger partial charge in [0.1, 0.15) is 0 Å². The zero-order chi connectivity index (χ0) is 28.9. The molecule has 0 radical (unpaired) electrons. The predicted octanol–water partition coefficient (Wildman–Crippen LogP) is 6.39. The standard InChI is InChI=1S/C32H32N4O4/c1-7-19-15(3)22-11-23-17(5)21(9-10-30(37)38)28(35-23)14-27-20(8-2)16(4)24(34-27)13-29-31(32(39)40)18(6)25(36-29)12-26(19)33-22/h11-14H,7-10H2,1-6H3,(H,37,38)(H,39,40). The second-order valence-corrected chi connectivity index (χ2v) is 10.3. The SMILES string of the molecule is CCC1=C(C)C2=CC3=NC(=CC4=NC(=CC5=NC(=CC1=N2)C(C)=C5C(=O)O)C(C)=C4CC)C(CCC(=O)O)=C3C. The molecule has 0 amide bonds. The molecule has 40 heavy (non-hydrogen) atoms. The third-order valence-corrected chi connectivity index (χ3v) is 8.02. The fourth-order valence-corrected chi connectivity index (χ4v) is 5.73. The van der Waals surface area contributed by atoms with Crippen molar-refractivity contribution >= 4 is 34.8 Å².